The standard InChI is InChI=1S/C18H14O5/c1-18(2)22-16(20)15(17(21)23-18)14(19)10-12-8-5-7-11-6-3-4-9-13(11)12/h3-9H,1,10H2,2H3/p+1. The highest BCUT2D eigenvalue weighted by atomic mass is 16.7. The van der Waals surface area contributed by atoms with E-state index < -0.39 is 23.3 Å². The maximum Gasteiger partial charge on any atom is 0.398 e. The first-order valence-electron chi connectivity index (χ1n) is 7.08. The lowest BCUT2D eigenvalue weighted by Gasteiger charge is -2.24. The molecule has 2 aromatic rings. The zero-order valence-corrected chi connectivity index (χ0v) is 12.5. The minimum absolute atomic E-state index is 0.0226. The van der Waals surface area contributed by atoms with E-state index in [1.165, 1.54) is 6.92 Å². The van der Waals surface area contributed by atoms with E-state index in [1.807, 2.05) is 42.5 Å². The number of aliphatic hydroxyl groups is 1. The van der Waals surface area contributed by atoms with E-state index in [-0.39, 0.29) is 12.2 Å². The first-order chi connectivity index (χ1) is 10.9. The molecule has 5 heteroatoms. The van der Waals surface area contributed by atoms with Crippen molar-refractivity contribution in [2.75, 3.05) is 0 Å². The molecule has 1 fully saturated rings. The van der Waals surface area contributed by atoms with Crippen LogP contribution in [0, 0.1) is 6.92 Å². The molecule has 3 rings (SSSR count). The Morgan fingerprint density at radius 3 is 2.39 bits per heavy atom. The molecule has 1 heterocycles. The van der Waals surface area contributed by atoms with Gasteiger partial charge in [-0.3, -0.25) is 0 Å². The highest BCUT2D eigenvalue weighted by Gasteiger charge is 2.46. The average molecular weight is 311 g/mol. The number of esters is 2. The fraction of sp³-hybridized carbons (Fsp3) is 0.167. The topological polar surface area (TPSA) is 72.8 Å². The van der Waals surface area contributed by atoms with Gasteiger partial charge in [0, 0.05) is 6.42 Å². The number of fused-ring (bicyclic) bond motifs is 1. The SMILES string of the molecule is [CH2+]C1(C)OC(=O)C(=C(O)Cc2cccc3ccccc23)C(=O)O1. The van der Waals surface area contributed by atoms with Crippen LogP contribution >= 0.6 is 0 Å². The highest BCUT2D eigenvalue weighted by Crippen LogP contribution is 2.26. The van der Waals surface area contributed by atoms with Gasteiger partial charge in [-0.1, -0.05) is 42.5 Å². The van der Waals surface area contributed by atoms with Gasteiger partial charge in [-0.25, -0.2) is 9.59 Å². The lowest BCUT2D eigenvalue weighted by atomic mass is 10.00. The van der Waals surface area contributed by atoms with Crippen molar-refractivity contribution in [1.82, 2.24) is 0 Å². The molecule has 1 aliphatic rings. The van der Waals surface area contributed by atoms with Crippen molar-refractivity contribution in [3.8, 4) is 0 Å². The second-order valence-corrected chi connectivity index (χ2v) is 5.55. The zero-order chi connectivity index (χ0) is 16.6. The number of hydrogen-bond acceptors (Lipinski definition) is 5. The van der Waals surface area contributed by atoms with E-state index in [9.17, 15) is 14.7 Å². The molecule has 2 aromatic carbocycles. The lowest BCUT2D eigenvalue weighted by Crippen LogP contribution is -2.42. The number of rotatable bonds is 2. The molecule has 0 saturated carbocycles. The van der Waals surface area contributed by atoms with Crippen LogP contribution in [0.4, 0.5) is 0 Å². The van der Waals surface area contributed by atoms with E-state index in [0.717, 1.165) is 16.3 Å². The molecule has 0 aliphatic carbocycles. The van der Waals surface area contributed by atoms with Gasteiger partial charge in [0.15, 0.2) is 12.5 Å². The predicted molar refractivity (Wildman–Crippen MR) is 83.3 cm³/mol. The minimum Gasteiger partial charge on any atom is -0.511 e. The summed E-state index contributed by atoms with van der Waals surface area (Å²) in [5.74, 6) is -3.82. The molecule has 1 aliphatic heterocycles. The summed E-state index contributed by atoms with van der Waals surface area (Å²) in [6.07, 6.45) is 0.0226. The van der Waals surface area contributed by atoms with Crippen molar-refractivity contribution >= 4 is 22.7 Å². The van der Waals surface area contributed by atoms with Gasteiger partial charge in [0.25, 0.3) is 0 Å². The van der Waals surface area contributed by atoms with Crippen LogP contribution in [-0.2, 0) is 25.5 Å². The molecule has 0 bridgehead atoms. The number of hydrogen-bond donors (Lipinski definition) is 1. The van der Waals surface area contributed by atoms with Gasteiger partial charge in [-0.15, -0.1) is 0 Å². The van der Waals surface area contributed by atoms with Crippen molar-refractivity contribution in [2.45, 2.75) is 19.1 Å². The summed E-state index contributed by atoms with van der Waals surface area (Å²) in [5.41, 5.74) is 0.302. The Balaban J connectivity index is 1.98. The summed E-state index contributed by atoms with van der Waals surface area (Å²) in [6, 6.07) is 13.3. The maximum atomic E-state index is 11.9. The second-order valence-electron chi connectivity index (χ2n) is 5.55. The van der Waals surface area contributed by atoms with E-state index in [1.54, 1.807) is 0 Å². The fourth-order valence-corrected chi connectivity index (χ4v) is 2.55. The smallest absolute Gasteiger partial charge is 0.398 e. The third-order valence-corrected chi connectivity index (χ3v) is 3.55. The summed E-state index contributed by atoms with van der Waals surface area (Å²) < 4.78 is 9.78. The van der Waals surface area contributed by atoms with E-state index >= 15 is 0 Å². The second kappa shape index (κ2) is 5.35. The van der Waals surface area contributed by atoms with Crippen LogP contribution in [0.25, 0.3) is 10.8 Å². The molecule has 0 amide bonds. The number of aliphatic hydroxyl groups excluding tert-OH is 1. The number of benzene rings is 2. The van der Waals surface area contributed by atoms with Gasteiger partial charge in [0.1, 0.15) is 5.76 Å². The van der Waals surface area contributed by atoms with Gasteiger partial charge in [0.2, 0.25) is 0 Å². The molecule has 5 nitrogen and oxygen atoms in total. The molecular weight excluding hydrogens is 296 g/mol. The van der Waals surface area contributed by atoms with Gasteiger partial charge < -0.3 is 14.6 Å². The molecule has 0 radical (unpaired) electrons. The summed E-state index contributed by atoms with van der Waals surface area (Å²) in [5, 5.41) is 12.2. The van der Waals surface area contributed by atoms with Crippen LogP contribution in [-0.4, -0.2) is 22.8 Å². The lowest BCUT2D eigenvalue weighted by molar-refractivity contribution is -0.214. The van der Waals surface area contributed by atoms with E-state index in [0.29, 0.717) is 0 Å². The predicted octanol–water partition coefficient (Wildman–Crippen LogP) is 2.84. The molecule has 1 N–H and O–H groups in total. The average Bonchev–Trinajstić information content (AvgIpc) is 2.45. The summed E-state index contributed by atoms with van der Waals surface area (Å²) in [6.45, 7) is 4.81. The van der Waals surface area contributed by atoms with Crippen LogP contribution in [0.3, 0.4) is 0 Å². The zero-order valence-electron chi connectivity index (χ0n) is 12.5. The van der Waals surface area contributed by atoms with Crippen LogP contribution < -0.4 is 0 Å². The normalized spacial score (nSPS) is 21.0. The number of carbonyl (C=O) groups is 2. The maximum absolute atomic E-state index is 11.9. The summed E-state index contributed by atoms with van der Waals surface area (Å²) in [4.78, 5) is 23.9. The third-order valence-electron chi connectivity index (χ3n) is 3.55. The largest absolute Gasteiger partial charge is 0.511 e. The molecule has 23 heavy (non-hydrogen) atoms. The Kier molecular flexibility index (Phi) is 3.48. The van der Waals surface area contributed by atoms with Gasteiger partial charge >= 0.3 is 17.7 Å². The Morgan fingerprint density at radius 2 is 1.70 bits per heavy atom. The molecule has 0 atom stereocenters. The Bertz CT molecular complexity index is 805. The van der Waals surface area contributed by atoms with E-state index in [2.05, 4.69) is 6.92 Å². The van der Waals surface area contributed by atoms with Crippen molar-refractivity contribution in [1.29, 1.82) is 0 Å². The van der Waals surface area contributed by atoms with Crippen molar-refractivity contribution in [3.63, 3.8) is 0 Å². The molecule has 116 valence electrons. The van der Waals surface area contributed by atoms with Gasteiger partial charge in [0.05, 0.1) is 6.92 Å². The first-order valence-corrected chi connectivity index (χ1v) is 7.08. The van der Waals surface area contributed by atoms with Crippen molar-refractivity contribution in [2.24, 2.45) is 0 Å². The number of ether oxygens (including phenoxy) is 2. The molecule has 0 aromatic heterocycles. The number of allylic oxidation sites excluding steroid dienone is 1. The molecule has 0 spiro atoms. The Labute approximate surface area is 133 Å². The first kappa shape index (κ1) is 15.0. The van der Waals surface area contributed by atoms with Crippen LogP contribution in [0.5, 0.6) is 0 Å². The quantitative estimate of drug-likeness (QED) is 0.303. The monoisotopic (exact) mass is 311 g/mol. The summed E-state index contributed by atoms with van der Waals surface area (Å²) >= 11 is 0. The highest BCUT2D eigenvalue weighted by molar-refractivity contribution is 6.15. The third kappa shape index (κ3) is 2.85. The van der Waals surface area contributed by atoms with Crippen LogP contribution in [0.1, 0.15) is 12.5 Å². The minimum atomic E-state index is -1.57. The molecule has 1 saturated heterocycles. The van der Waals surface area contributed by atoms with Crippen molar-refractivity contribution in [3.05, 3.63) is 66.3 Å². The Morgan fingerprint density at radius 1 is 1.09 bits per heavy atom. The fourth-order valence-electron chi connectivity index (χ4n) is 2.55. The number of cyclic esters (lactones) is 2. The Hall–Kier alpha value is -2.95. The van der Waals surface area contributed by atoms with E-state index in [4.69, 9.17) is 9.47 Å². The molecule has 0 unspecified atom stereocenters. The van der Waals surface area contributed by atoms with Gasteiger partial charge in [-0.2, -0.15) is 0 Å². The van der Waals surface area contributed by atoms with Crippen LogP contribution in [0.15, 0.2) is 53.8 Å². The number of carbonyl (C=O) groups excluding carboxylic acids is 2. The van der Waals surface area contributed by atoms with Gasteiger partial charge in [-0.05, 0) is 16.3 Å². The molecular formula is C18H15O5+. The van der Waals surface area contributed by atoms with Crippen LogP contribution in [0.2, 0.25) is 0 Å². The summed E-state index contributed by atoms with van der Waals surface area (Å²) in [7, 11) is 0. The van der Waals surface area contributed by atoms with Crippen molar-refractivity contribution < 1.29 is 24.2 Å².